The first-order chi connectivity index (χ1) is 18.4. The molecule has 1 amide bonds. The van der Waals surface area contributed by atoms with Crippen LogP contribution < -0.4 is 15.2 Å². The maximum absolute atomic E-state index is 12.6. The van der Waals surface area contributed by atoms with Gasteiger partial charge < -0.3 is 25.2 Å². The van der Waals surface area contributed by atoms with E-state index in [4.69, 9.17) is 20.3 Å². The van der Waals surface area contributed by atoms with Gasteiger partial charge in [-0.25, -0.2) is 14.6 Å². The molecule has 0 unspecified atom stereocenters. The molecule has 0 spiro atoms. The number of nitrogens with two attached hydrogens (primary N) is 1. The Kier molecular flexibility index (Phi) is 7.44. The highest BCUT2D eigenvalue weighted by Crippen LogP contribution is 2.29. The Hall–Kier alpha value is -4.14. The number of benzene rings is 1. The van der Waals surface area contributed by atoms with Crippen LogP contribution in [0.1, 0.15) is 30.1 Å². The number of hydrogen-bond acceptors (Lipinski definition) is 9. The van der Waals surface area contributed by atoms with Gasteiger partial charge in [-0.15, -0.1) is 0 Å². The lowest BCUT2D eigenvalue weighted by Gasteiger charge is -2.38. The number of nitrogen functional groups attached to an aromatic ring is 1. The van der Waals surface area contributed by atoms with Gasteiger partial charge in [0.05, 0.1) is 31.8 Å². The highest BCUT2D eigenvalue weighted by Gasteiger charge is 2.33. The van der Waals surface area contributed by atoms with Gasteiger partial charge >= 0.3 is 0 Å². The lowest BCUT2D eigenvalue weighted by Crippen LogP contribution is -2.50. The van der Waals surface area contributed by atoms with Crippen LogP contribution in [0, 0.1) is 11.8 Å². The topological polar surface area (TPSA) is 132 Å². The van der Waals surface area contributed by atoms with E-state index in [0.717, 1.165) is 25.9 Å². The van der Waals surface area contributed by atoms with Gasteiger partial charge in [0, 0.05) is 50.4 Å². The minimum atomic E-state index is -0.203. The Balaban J connectivity index is 1.29. The van der Waals surface area contributed by atoms with Crippen molar-refractivity contribution in [1.29, 1.82) is 0 Å². The highest BCUT2D eigenvalue weighted by atomic mass is 16.5. The monoisotopic (exact) mass is 517 g/mol. The number of aromatic nitrogens is 4. The standard InChI is InChI=1S/C27H31N7O4/c1-37-21-12-18(13-22(14-21)38-2)5-6-23-25-26(28)29-17-30-27(25)34(31-23)19-15-33(16-19)24(36)4-3-9-32-10-7-20(35)8-11-32/h3-4,12-14,17,19-20,35H,7-11,15-16H2,1-2H3,(H2,28,29,30)/b4-3+. The average Bonchev–Trinajstić information content (AvgIpc) is 3.27. The molecule has 3 N–H and O–H groups in total. The summed E-state index contributed by atoms with van der Waals surface area (Å²) in [7, 11) is 3.17. The van der Waals surface area contributed by atoms with E-state index in [-0.39, 0.29) is 18.1 Å². The molecular weight excluding hydrogens is 486 g/mol. The molecule has 0 atom stereocenters. The number of fused-ring (bicyclic) bond motifs is 1. The fourth-order valence-corrected chi connectivity index (χ4v) is 4.65. The molecule has 2 aliphatic rings. The molecule has 11 heteroatoms. The Morgan fingerprint density at radius 1 is 1.13 bits per heavy atom. The number of nitrogens with zero attached hydrogens (tertiary/aromatic N) is 6. The summed E-state index contributed by atoms with van der Waals surface area (Å²) in [5.74, 6) is 7.75. The second-order valence-corrected chi connectivity index (χ2v) is 9.43. The molecule has 2 saturated heterocycles. The number of piperidine rings is 1. The predicted octanol–water partition coefficient (Wildman–Crippen LogP) is 1.22. The number of hydrogen-bond donors (Lipinski definition) is 2. The van der Waals surface area contributed by atoms with Gasteiger partial charge in [0.15, 0.2) is 5.65 Å². The van der Waals surface area contributed by atoms with Crippen LogP contribution in [0.3, 0.4) is 0 Å². The van der Waals surface area contributed by atoms with Crippen LogP contribution >= 0.6 is 0 Å². The van der Waals surface area contributed by atoms with Crippen LogP contribution in [0.5, 0.6) is 11.5 Å². The quantitative estimate of drug-likeness (QED) is 0.366. The zero-order valence-electron chi connectivity index (χ0n) is 21.5. The van der Waals surface area contributed by atoms with Gasteiger partial charge in [-0.3, -0.25) is 9.69 Å². The van der Waals surface area contributed by atoms with E-state index >= 15 is 0 Å². The molecule has 2 fully saturated rings. The normalized spacial score (nSPS) is 16.9. The predicted molar refractivity (Wildman–Crippen MR) is 142 cm³/mol. The third-order valence-corrected chi connectivity index (χ3v) is 6.90. The second kappa shape index (κ2) is 11.1. The first-order valence-corrected chi connectivity index (χ1v) is 12.5. The number of ether oxygens (including phenoxy) is 2. The number of carbonyl (C=O) groups is 1. The minimum Gasteiger partial charge on any atom is -0.497 e. The van der Waals surface area contributed by atoms with E-state index in [1.165, 1.54) is 6.33 Å². The summed E-state index contributed by atoms with van der Waals surface area (Å²) in [6.45, 7) is 3.43. The molecular formula is C27H31N7O4. The molecule has 38 heavy (non-hydrogen) atoms. The van der Waals surface area contributed by atoms with Gasteiger partial charge in [-0.1, -0.05) is 12.0 Å². The van der Waals surface area contributed by atoms with Crippen LogP contribution in [-0.2, 0) is 4.79 Å². The number of methoxy groups -OCH3 is 2. The number of amides is 1. The van der Waals surface area contributed by atoms with Crippen molar-refractivity contribution in [2.24, 2.45) is 0 Å². The molecule has 0 saturated carbocycles. The van der Waals surface area contributed by atoms with Crippen LogP contribution in [0.25, 0.3) is 11.0 Å². The molecule has 3 aromatic rings. The van der Waals surface area contributed by atoms with Crippen molar-refractivity contribution in [2.75, 3.05) is 52.7 Å². The average molecular weight is 518 g/mol. The van der Waals surface area contributed by atoms with Crippen molar-refractivity contribution in [3.63, 3.8) is 0 Å². The molecule has 0 bridgehead atoms. The van der Waals surface area contributed by atoms with E-state index < -0.39 is 0 Å². The van der Waals surface area contributed by atoms with Crippen molar-refractivity contribution < 1.29 is 19.4 Å². The fourth-order valence-electron chi connectivity index (χ4n) is 4.65. The molecule has 1 aromatic carbocycles. The Morgan fingerprint density at radius 3 is 2.53 bits per heavy atom. The van der Waals surface area contributed by atoms with Gasteiger partial charge in [-0.2, -0.15) is 5.10 Å². The summed E-state index contributed by atoms with van der Waals surface area (Å²) < 4.78 is 12.4. The summed E-state index contributed by atoms with van der Waals surface area (Å²) in [6, 6.07) is 5.36. The number of rotatable bonds is 6. The Labute approximate surface area is 220 Å². The fraction of sp³-hybridized carbons (Fsp3) is 0.407. The smallest absolute Gasteiger partial charge is 0.246 e. The number of likely N-dealkylation sites (tertiary alicyclic amines) is 2. The van der Waals surface area contributed by atoms with Gasteiger partial charge in [0.25, 0.3) is 0 Å². The van der Waals surface area contributed by atoms with Crippen LogP contribution in [0.15, 0.2) is 36.7 Å². The Morgan fingerprint density at radius 2 is 1.84 bits per heavy atom. The van der Waals surface area contributed by atoms with Crippen molar-refractivity contribution in [1.82, 2.24) is 29.5 Å². The molecule has 2 aliphatic heterocycles. The molecule has 2 aromatic heterocycles. The molecule has 198 valence electrons. The largest absolute Gasteiger partial charge is 0.497 e. The second-order valence-electron chi connectivity index (χ2n) is 9.43. The minimum absolute atomic E-state index is 0.0316. The molecule has 11 nitrogen and oxygen atoms in total. The third-order valence-electron chi connectivity index (χ3n) is 6.90. The third kappa shape index (κ3) is 5.41. The summed E-state index contributed by atoms with van der Waals surface area (Å²) >= 11 is 0. The zero-order chi connectivity index (χ0) is 26.6. The van der Waals surface area contributed by atoms with Crippen molar-refractivity contribution in [3.8, 4) is 23.3 Å². The maximum Gasteiger partial charge on any atom is 0.246 e. The molecule has 4 heterocycles. The zero-order valence-corrected chi connectivity index (χ0v) is 21.5. The first kappa shape index (κ1) is 25.5. The van der Waals surface area contributed by atoms with E-state index in [1.807, 2.05) is 18.2 Å². The summed E-state index contributed by atoms with van der Waals surface area (Å²) in [4.78, 5) is 25.2. The highest BCUT2D eigenvalue weighted by molar-refractivity contribution is 5.91. The van der Waals surface area contributed by atoms with Crippen molar-refractivity contribution in [2.45, 2.75) is 25.0 Å². The SMILES string of the molecule is COc1cc(C#Cc2nn(C3CN(C(=O)/C=C/CN4CCC(O)CC4)C3)c3ncnc(N)c23)cc(OC)c1. The number of aliphatic hydroxyl groups is 1. The molecule has 0 aliphatic carbocycles. The van der Waals surface area contributed by atoms with E-state index in [9.17, 15) is 9.90 Å². The van der Waals surface area contributed by atoms with Gasteiger partial charge in [-0.05, 0) is 30.9 Å². The lowest BCUT2D eigenvalue weighted by atomic mass is 10.1. The number of carbonyl (C=O) groups excluding carboxylic acids is 1. The molecule has 5 rings (SSSR count). The van der Waals surface area contributed by atoms with Crippen LogP contribution in [0.2, 0.25) is 0 Å². The van der Waals surface area contributed by atoms with Crippen molar-refractivity contribution in [3.05, 3.63) is 47.9 Å². The van der Waals surface area contributed by atoms with E-state index in [2.05, 4.69) is 26.7 Å². The van der Waals surface area contributed by atoms with E-state index in [1.54, 1.807) is 35.9 Å². The van der Waals surface area contributed by atoms with Crippen LogP contribution in [0.4, 0.5) is 5.82 Å². The first-order valence-electron chi connectivity index (χ1n) is 12.5. The summed E-state index contributed by atoms with van der Waals surface area (Å²) in [5, 5.41) is 14.9. The Bertz CT molecular complexity index is 1390. The lowest BCUT2D eigenvalue weighted by molar-refractivity contribution is -0.131. The number of anilines is 1. The van der Waals surface area contributed by atoms with Gasteiger partial charge in [0.2, 0.25) is 5.91 Å². The summed E-state index contributed by atoms with van der Waals surface area (Å²) in [6.07, 6.45) is 6.28. The number of aliphatic hydroxyl groups excluding tert-OH is 1. The summed E-state index contributed by atoms with van der Waals surface area (Å²) in [5.41, 5.74) is 7.94. The molecule has 0 radical (unpaired) electrons. The maximum atomic E-state index is 12.6. The van der Waals surface area contributed by atoms with Crippen LogP contribution in [-0.4, -0.2) is 93.6 Å². The van der Waals surface area contributed by atoms with Crippen molar-refractivity contribution >= 4 is 22.8 Å². The van der Waals surface area contributed by atoms with Gasteiger partial charge in [0.1, 0.15) is 29.3 Å². The van der Waals surface area contributed by atoms with E-state index in [0.29, 0.717) is 59.2 Å².